The van der Waals surface area contributed by atoms with Crippen molar-refractivity contribution in [3.05, 3.63) is 60.0 Å². The second kappa shape index (κ2) is 6.29. The molecule has 124 valence electrons. The fourth-order valence-corrected chi connectivity index (χ4v) is 3.58. The Morgan fingerprint density at radius 2 is 1.75 bits per heavy atom. The lowest BCUT2D eigenvalue weighted by Crippen LogP contribution is -2.29. The van der Waals surface area contributed by atoms with Crippen LogP contribution in [0.3, 0.4) is 0 Å². The minimum absolute atomic E-state index is 0.219. The Morgan fingerprint density at radius 1 is 1.04 bits per heavy atom. The fourth-order valence-electron chi connectivity index (χ4n) is 3.58. The topological polar surface area (TPSA) is 31.1 Å². The first-order chi connectivity index (χ1) is 11.7. The molecule has 1 saturated heterocycles. The second-order valence-corrected chi connectivity index (χ2v) is 6.71. The number of likely N-dealkylation sites (tertiary alicyclic amines) is 1. The van der Waals surface area contributed by atoms with E-state index in [1.54, 1.807) is 12.1 Å². The molecular weight excluding hydrogens is 301 g/mol. The SMILES string of the molecule is CN1CCC(c2c[nH]c3cc(Nc4ccc(F)cc4)ccc23)CC1. The molecule has 4 heteroatoms. The molecule has 0 unspecified atom stereocenters. The third-order valence-electron chi connectivity index (χ3n) is 5.01. The first kappa shape index (κ1) is 15.2. The highest BCUT2D eigenvalue weighted by molar-refractivity contribution is 5.87. The number of H-pyrrole nitrogens is 1. The average molecular weight is 323 g/mol. The highest BCUT2D eigenvalue weighted by Crippen LogP contribution is 2.34. The van der Waals surface area contributed by atoms with E-state index in [4.69, 9.17) is 0 Å². The highest BCUT2D eigenvalue weighted by atomic mass is 19.1. The van der Waals surface area contributed by atoms with Gasteiger partial charge >= 0.3 is 0 Å². The first-order valence-electron chi connectivity index (χ1n) is 8.51. The summed E-state index contributed by atoms with van der Waals surface area (Å²) in [5.41, 5.74) is 4.48. The average Bonchev–Trinajstić information content (AvgIpc) is 3.01. The Bertz CT molecular complexity index is 830. The van der Waals surface area contributed by atoms with Gasteiger partial charge in [0.05, 0.1) is 0 Å². The Labute approximate surface area is 141 Å². The summed E-state index contributed by atoms with van der Waals surface area (Å²) in [7, 11) is 2.19. The molecule has 2 aromatic carbocycles. The Hall–Kier alpha value is -2.33. The van der Waals surface area contributed by atoms with Crippen molar-refractivity contribution in [1.29, 1.82) is 0 Å². The number of anilines is 2. The van der Waals surface area contributed by atoms with E-state index in [2.05, 4.69) is 46.6 Å². The highest BCUT2D eigenvalue weighted by Gasteiger charge is 2.20. The maximum absolute atomic E-state index is 13.0. The summed E-state index contributed by atoms with van der Waals surface area (Å²) >= 11 is 0. The van der Waals surface area contributed by atoms with E-state index in [0.717, 1.165) is 16.9 Å². The first-order valence-corrected chi connectivity index (χ1v) is 8.51. The predicted octanol–water partition coefficient (Wildman–Crippen LogP) is 4.86. The maximum Gasteiger partial charge on any atom is 0.123 e. The zero-order valence-electron chi connectivity index (χ0n) is 13.8. The smallest absolute Gasteiger partial charge is 0.123 e. The van der Waals surface area contributed by atoms with Crippen LogP contribution >= 0.6 is 0 Å². The molecule has 1 aliphatic heterocycles. The molecule has 3 nitrogen and oxygen atoms in total. The number of nitrogens with one attached hydrogen (secondary N) is 2. The number of benzene rings is 2. The third kappa shape index (κ3) is 3.02. The van der Waals surface area contributed by atoms with Crippen molar-refractivity contribution in [2.75, 3.05) is 25.5 Å². The number of rotatable bonds is 3. The van der Waals surface area contributed by atoms with Gasteiger partial charge in [-0.2, -0.15) is 0 Å². The molecule has 0 spiro atoms. The quantitative estimate of drug-likeness (QED) is 0.721. The Morgan fingerprint density at radius 3 is 2.50 bits per heavy atom. The van der Waals surface area contributed by atoms with Crippen LogP contribution in [0.4, 0.5) is 15.8 Å². The monoisotopic (exact) mass is 323 g/mol. The van der Waals surface area contributed by atoms with Crippen molar-refractivity contribution >= 4 is 22.3 Å². The van der Waals surface area contributed by atoms with Crippen molar-refractivity contribution in [1.82, 2.24) is 9.88 Å². The third-order valence-corrected chi connectivity index (χ3v) is 5.01. The van der Waals surface area contributed by atoms with E-state index >= 15 is 0 Å². The summed E-state index contributed by atoms with van der Waals surface area (Å²) in [4.78, 5) is 5.82. The normalized spacial score (nSPS) is 16.6. The number of fused-ring (bicyclic) bond motifs is 1. The molecule has 0 radical (unpaired) electrons. The van der Waals surface area contributed by atoms with E-state index in [0.29, 0.717) is 5.92 Å². The van der Waals surface area contributed by atoms with Crippen LogP contribution in [-0.4, -0.2) is 30.0 Å². The largest absolute Gasteiger partial charge is 0.361 e. The summed E-state index contributed by atoms with van der Waals surface area (Å²) in [5, 5.41) is 4.64. The molecule has 0 aliphatic carbocycles. The molecule has 0 bridgehead atoms. The molecule has 1 fully saturated rings. The Kier molecular flexibility index (Phi) is 3.98. The van der Waals surface area contributed by atoms with Crippen LogP contribution in [0.25, 0.3) is 10.9 Å². The van der Waals surface area contributed by atoms with Crippen molar-refractivity contribution in [3.63, 3.8) is 0 Å². The van der Waals surface area contributed by atoms with Crippen LogP contribution in [0, 0.1) is 5.82 Å². The van der Waals surface area contributed by atoms with Gasteiger partial charge in [0.15, 0.2) is 0 Å². The molecular formula is C20H22FN3. The maximum atomic E-state index is 13.0. The molecule has 2 heterocycles. The van der Waals surface area contributed by atoms with E-state index in [1.165, 1.54) is 49.0 Å². The molecule has 1 aliphatic rings. The molecule has 0 saturated carbocycles. The molecule has 2 N–H and O–H groups in total. The molecule has 0 atom stereocenters. The van der Waals surface area contributed by atoms with E-state index in [9.17, 15) is 4.39 Å². The minimum Gasteiger partial charge on any atom is -0.361 e. The van der Waals surface area contributed by atoms with Crippen LogP contribution in [0.5, 0.6) is 0 Å². The number of aromatic nitrogens is 1. The number of aromatic amines is 1. The lowest BCUT2D eigenvalue weighted by Gasteiger charge is -2.28. The molecule has 0 amide bonds. The molecule has 24 heavy (non-hydrogen) atoms. The number of hydrogen-bond donors (Lipinski definition) is 2. The second-order valence-electron chi connectivity index (χ2n) is 6.71. The standard InChI is InChI=1S/C20H22FN3/c1-24-10-8-14(9-11-24)19-13-22-20-12-17(6-7-18(19)20)23-16-4-2-15(21)3-5-16/h2-7,12-14,22-23H,8-11H2,1H3. The van der Waals surface area contributed by atoms with Gasteiger partial charge in [-0.1, -0.05) is 6.07 Å². The summed E-state index contributed by atoms with van der Waals surface area (Å²) in [5.74, 6) is 0.425. The number of hydrogen-bond acceptors (Lipinski definition) is 2. The fraction of sp³-hybridized carbons (Fsp3) is 0.300. The summed E-state index contributed by atoms with van der Waals surface area (Å²) in [6.07, 6.45) is 4.61. The van der Waals surface area contributed by atoms with Gasteiger partial charge in [0.1, 0.15) is 5.82 Å². The van der Waals surface area contributed by atoms with Gasteiger partial charge in [-0.3, -0.25) is 0 Å². The van der Waals surface area contributed by atoms with Gasteiger partial charge in [0, 0.05) is 28.5 Å². The summed E-state index contributed by atoms with van der Waals surface area (Å²) in [6, 6.07) is 12.8. The van der Waals surface area contributed by atoms with Gasteiger partial charge in [0.25, 0.3) is 0 Å². The van der Waals surface area contributed by atoms with Crippen LogP contribution in [-0.2, 0) is 0 Å². The number of piperidine rings is 1. The lowest BCUT2D eigenvalue weighted by atomic mass is 9.89. The molecule has 1 aromatic heterocycles. The zero-order valence-corrected chi connectivity index (χ0v) is 13.8. The van der Waals surface area contributed by atoms with Crippen molar-refractivity contribution in [2.45, 2.75) is 18.8 Å². The van der Waals surface area contributed by atoms with Crippen molar-refractivity contribution in [3.8, 4) is 0 Å². The molecule has 4 rings (SSSR count). The number of halogens is 1. The van der Waals surface area contributed by atoms with Gasteiger partial charge in [-0.25, -0.2) is 4.39 Å². The van der Waals surface area contributed by atoms with Gasteiger partial charge in [-0.15, -0.1) is 0 Å². The molecule has 3 aromatic rings. The van der Waals surface area contributed by atoms with Crippen molar-refractivity contribution < 1.29 is 4.39 Å². The minimum atomic E-state index is -0.219. The summed E-state index contributed by atoms with van der Waals surface area (Å²) in [6.45, 7) is 2.34. The van der Waals surface area contributed by atoms with E-state index in [1.807, 2.05) is 0 Å². The zero-order chi connectivity index (χ0) is 16.5. The van der Waals surface area contributed by atoms with Gasteiger partial charge in [0.2, 0.25) is 0 Å². The number of nitrogens with zero attached hydrogens (tertiary/aromatic N) is 1. The van der Waals surface area contributed by atoms with Crippen LogP contribution in [0.1, 0.15) is 24.3 Å². The summed E-state index contributed by atoms with van der Waals surface area (Å²) < 4.78 is 13.0. The van der Waals surface area contributed by atoms with Crippen LogP contribution in [0.15, 0.2) is 48.7 Å². The van der Waals surface area contributed by atoms with E-state index < -0.39 is 0 Å². The van der Waals surface area contributed by atoms with Crippen molar-refractivity contribution in [2.24, 2.45) is 0 Å². The van der Waals surface area contributed by atoms with E-state index in [-0.39, 0.29) is 5.82 Å². The Balaban J connectivity index is 1.57. The van der Waals surface area contributed by atoms with Crippen LogP contribution < -0.4 is 5.32 Å². The van der Waals surface area contributed by atoms with Crippen LogP contribution in [0.2, 0.25) is 0 Å². The van der Waals surface area contributed by atoms with Gasteiger partial charge in [-0.05, 0) is 80.9 Å². The predicted molar refractivity (Wildman–Crippen MR) is 97.5 cm³/mol. The van der Waals surface area contributed by atoms with Gasteiger partial charge < -0.3 is 15.2 Å². The lowest BCUT2D eigenvalue weighted by molar-refractivity contribution is 0.256.